The average molecular weight is 292 g/mol. The number of nitrogens with zero attached hydrogens (tertiary/aromatic N) is 3. The van der Waals surface area contributed by atoms with Gasteiger partial charge in [-0.3, -0.25) is 0 Å². The number of carbonyl (C=O) groups is 1. The molecular weight excluding hydrogens is 282 g/mol. The maximum Gasteiger partial charge on any atom is 0.336 e. The normalized spacial score (nSPS) is 10.8. The fraction of sp³-hybridized carbons (Fsp3) is 0. The Bertz CT molecular complexity index is 738. The van der Waals surface area contributed by atoms with Crippen LogP contribution < -0.4 is 11.5 Å². The van der Waals surface area contributed by atoms with Gasteiger partial charge in [0.2, 0.25) is 5.96 Å². The lowest BCUT2D eigenvalue weighted by molar-refractivity contribution is 0.0699. The number of carboxylic acid groups (broad SMARTS) is 1. The molecule has 0 radical (unpaired) electrons. The number of rotatable bonds is 3. The number of nitrogens with two attached hydrogens (primary N) is 2. The first-order valence-corrected chi connectivity index (χ1v) is 5.81. The summed E-state index contributed by atoms with van der Waals surface area (Å²) in [6.45, 7) is 0. The lowest BCUT2D eigenvalue weighted by Crippen LogP contribution is -2.21. The molecule has 0 aliphatic rings. The SMILES string of the molecule is NC(N)=N/N=C/c1cc(C(=O)O)c2ccc(Cl)cc2n1. The molecule has 1 aromatic heterocycles. The van der Waals surface area contributed by atoms with Crippen molar-refractivity contribution in [2.75, 3.05) is 0 Å². The molecule has 7 nitrogen and oxygen atoms in total. The predicted molar refractivity (Wildman–Crippen MR) is 77.1 cm³/mol. The highest BCUT2D eigenvalue weighted by atomic mass is 35.5. The minimum absolute atomic E-state index is 0.0952. The highest BCUT2D eigenvalue weighted by Gasteiger charge is 2.11. The van der Waals surface area contributed by atoms with Crippen molar-refractivity contribution < 1.29 is 9.90 Å². The van der Waals surface area contributed by atoms with E-state index in [-0.39, 0.29) is 11.5 Å². The van der Waals surface area contributed by atoms with E-state index >= 15 is 0 Å². The molecular formula is C12H10ClN5O2. The number of hydrogen-bond acceptors (Lipinski definition) is 4. The molecule has 0 atom stereocenters. The van der Waals surface area contributed by atoms with Crippen LogP contribution in [0.3, 0.4) is 0 Å². The second-order valence-corrected chi connectivity index (χ2v) is 4.27. The Labute approximate surface area is 118 Å². The number of guanidine groups is 1. The van der Waals surface area contributed by atoms with Gasteiger partial charge < -0.3 is 16.6 Å². The average Bonchev–Trinajstić information content (AvgIpc) is 2.36. The van der Waals surface area contributed by atoms with Crippen LogP contribution in [0.5, 0.6) is 0 Å². The summed E-state index contributed by atoms with van der Waals surface area (Å²) in [5.41, 5.74) is 11.1. The van der Waals surface area contributed by atoms with Crippen LogP contribution in [-0.2, 0) is 0 Å². The summed E-state index contributed by atoms with van der Waals surface area (Å²) in [6, 6.07) is 6.15. The van der Waals surface area contributed by atoms with Crippen molar-refractivity contribution in [1.29, 1.82) is 0 Å². The second kappa shape index (κ2) is 5.54. The molecule has 102 valence electrons. The minimum Gasteiger partial charge on any atom is -0.478 e. The maximum absolute atomic E-state index is 11.3. The molecule has 0 saturated heterocycles. The Balaban J connectivity index is 2.60. The molecule has 5 N–H and O–H groups in total. The third-order valence-corrected chi connectivity index (χ3v) is 2.62. The second-order valence-electron chi connectivity index (χ2n) is 3.83. The van der Waals surface area contributed by atoms with E-state index in [1.807, 2.05) is 0 Å². The summed E-state index contributed by atoms with van der Waals surface area (Å²) >= 11 is 5.87. The zero-order chi connectivity index (χ0) is 14.7. The monoisotopic (exact) mass is 291 g/mol. The molecule has 0 saturated carbocycles. The largest absolute Gasteiger partial charge is 0.478 e. The number of fused-ring (bicyclic) bond motifs is 1. The zero-order valence-corrected chi connectivity index (χ0v) is 10.9. The van der Waals surface area contributed by atoms with Gasteiger partial charge in [-0.05, 0) is 18.2 Å². The number of carboxylic acids is 1. The van der Waals surface area contributed by atoms with E-state index in [1.54, 1.807) is 18.2 Å². The third kappa shape index (κ3) is 3.01. The van der Waals surface area contributed by atoms with Crippen LogP contribution in [0, 0.1) is 0 Å². The van der Waals surface area contributed by atoms with E-state index in [9.17, 15) is 9.90 Å². The zero-order valence-electron chi connectivity index (χ0n) is 10.1. The van der Waals surface area contributed by atoms with Gasteiger partial charge in [0.25, 0.3) is 0 Å². The Morgan fingerprint density at radius 1 is 1.35 bits per heavy atom. The maximum atomic E-state index is 11.3. The lowest BCUT2D eigenvalue weighted by atomic mass is 10.1. The predicted octanol–water partition coefficient (Wildman–Crippen LogP) is 1.19. The van der Waals surface area contributed by atoms with Gasteiger partial charge in [-0.2, -0.15) is 5.10 Å². The number of hydrogen-bond donors (Lipinski definition) is 3. The van der Waals surface area contributed by atoms with Gasteiger partial charge in [-0.1, -0.05) is 17.7 Å². The van der Waals surface area contributed by atoms with Crippen LogP contribution in [0.25, 0.3) is 10.9 Å². The molecule has 0 unspecified atom stereocenters. The molecule has 20 heavy (non-hydrogen) atoms. The van der Waals surface area contributed by atoms with E-state index in [4.69, 9.17) is 23.1 Å². The fourth-order valence-electron chi connectivity index (χ4n) is 1.62. The van der Waals surface area contributed by atoms with E-state index in [0.717, 1.165) is 0 Å². The van der Waals surface area contributed by atoms with Gasteiger partial charge >= 0.3 is 5.97 Å². The van der Waals surface area contributed by atoms with Crippen LogP contribution >= 0.6 is 11.6 Å². The molecule has 8 heteroatoms. The molecule has 0 aliphatic carbocycles. The quantitative estimate of drug-likeness (QED) is 0.445. The standard InChI is InChI=1S/C12H10ClN5O2/c13-6-1-2-8-9(11(19)20)4-7(17-10(8)3-6)5-16-18-12(14)15/h1-5H,(H,19,20)(H4,14,15,18)/b16-5+. The lowest BCUT2D eigenvalue weighted by Gasteiger charge is -2.04. The van der Waals surface area contributed by atoms with Gasteiger partial charge in [-0.25, -0.2) is 9.78 Å². The Morgan fingerprint density at radius 2 is 2.10 bits per heavy atom. The van der Waals surface area contributed by atoms with Crippen LogP contribution in [0.2, 0.25) is 5.02 Å². The molecule has 2 aromatic rings. The smallest absolute Gasteiger partial charge is 0.336 e. The van der Waals surface area contributed by atoms with E-state index in [1.165, 1.54) is 12.3 Å². The summed E-state index contributed by atoms with van der Waals surface area (Å²) in [5.74, 6) is -1.28. The van der Waals surface area contributed by atoms with Crippen molar-refractivity contribution in [2.24, 2.45) is 21.7 Å². The van der Waals surface area contributed by atoms with E-state index in [2.05, 4.69) is 15.2 Å². The van der Waals surface area contributed by atoms with Gasteiger partial charge in [0.15, 0.2) is 0 Å². The number of aromatic nitrogens is 1. The van der Waals surface area contributed by atoms with Gasteiger partial charge in [0.1, 0.15) is 0 Å². The number of benzene rings is 1. The van der Waals surface area contributed by atoms with Crippen molar-refractivity contribution in [2.45, 2.75) is 0 Å². The highest BCUT2D eigenvalue weighted by molar-refractivity contribution is 6.31. The Morgan fingerprint density at radius 3 is 2.75 bits per heavy atom. The number of halogens is 1. The summed E-state index contributed by atoms with van der Waals surface area (Å²) in [6.07, 6.45) is 1.26. The molecule has 2 rings (SSSR count). The van der Waals surface area contributed by atoms with Crippen molar-refractivity contribution in [1.82, 2.24) is 4.98 Å². The van der Waals surface area contributed by atoms with Crippen molar-refractivity contribution in [3.05, 3.63) is 40.5 Å². The first-order chi connectivity index (χ1) is 9.47. The molecule has 1 aromatic carbocycles. The minimum atomic E-state index is -1.07. The molecule has 0 fully saturated rings. The molecule has 0 bridgehead atoms. The molecule has 0 aliphatic heterocycles. The first-order valence-electron chi connectivity index (χ1n) is 5.43. The Hall–Kier alpha value is -2.67. The third-order valence-electron chi connectivity index (χ3n) is 2.39. The molecule has 0 spiro atoms. The van der Waals surface area contributed by atoms with Gasteiger partial charge in [0, 0.05) is 10.4 Å². The van der Waals surface area contributed by atoms with Crippen molar-refractivity contribution in [3.63, 3.8) is 0 Å². The molecule has 0 amide bonds. The van der Waals surface area contributed by atoms with Crippen molar-refractivity contribution in [3.8, 4) is 0 Å². The van der Waals surface area contributed by atoms with Crippen LogP contribution in [0.15, 0.2) is 34.5 Å². The van der Waals surface area contributed by atoms with Gasteiger partial charge in [0.05, 0.1) is 23.0 Å². The van der Waals surface area contributed by atoms with Crippen LogP contribution in [0.1, 0.15) is 16.1 Å². The summed E-state index contributed by atoms with van der Waals surface area (Å²) in [5, 5.41) is 17.2. The summed E-state index contributed by atoms with van der Waals surface area (Å²) in [7, 11) is 0. The van der Waals surface area contributed by atoms with Crippen LogP contribution in [-0.4, -0.2) is 28.2 Å². The number of pyridine rings is 1. The highest BCUT2D eigenvalue weighted by Crippen LogP contribution is 2.22. The topological polar surface area (TPSA) is 127 Å². The molecule has 1 heterocycles. The van der Waals surface area contributed by atoms with Crippen LogP contribution in [0.4, 0.5) is 0 Å². The van der Waals surface area contributed by atoms with E-state index < -0.39 is 5.97 Å². The summed E-state index contributed by atoms with van der Waals surface area (Å²) < 4.78 is 0. The Kier molecular flexibility index (Phi) is 3.81. The van der Waals surface area contributed by atoms with E-state index in [0.29, 0.717) is 21.6 Å². The van der Waals surface area contributed by atoms with Gasteiger partial charge in [-0.15, -0.1) is 5.10 Å². The van der Waals surface area contributed by atoms with Crippen molar-refractivity contribution >= 4 is 40.6 Å². The fourth-order valence-corrected chi connectivity index (χ4v) is 1.79. The number of aromatic carboxylic acids is 1. The summed E-state index contributed by atoms with van der Waals surface area (Å²) in [4.78, 5) is 15.5. The first kappa shape index (κ1) is 13.8.